The van der Waals surface area contributed by atoms with Crippen molar-refractivity contribution in [3.05, 3.63) is 59.4 Å². The van der Waals surface area contributed by atoms with Crippen molar-refractivity contribution in [1.82, 2.24) is 10.3 Å². The lowest BCUT2D eigenvalue weighted by atomic mass is 10.1. The molecule has 22 heavy (non-hydrogen) atoms. The third-order valence-corrected chi connectivity index (χ3v) is 3.22. The topological polar surface area (TPSA) is 71.1 Å². The minimum atomic E-state index is -0.320. The van der Waals surface area contributed by atoms with E-state index in [9.17, 15) is 9.59 Å². The minimum Gasteiger partial charge on any atom is -0.352 e. The molecule has 1 aromatic heterocycles. The number of hydrogen-bond acceptors (Lipinski definition) is 3. The number of aryl methyl sites for hydroxylation is 2. The van der Waals surface area contributed by atoms with Gasteiger partial charge in [0.1, 0.15) is 6.42 Å². The number of nitrogens with zero attached hydrogens (tertiary/aromatic N) is 1. The van der Waals surface area contributed by atoms with Crippen molar-refractivity contribution < 1.29 is 9.59 Å². The summed E-state index contributed by atoms with van der Waals surface area (Å²) in [7, 11) is 0. The van der Waals surface area contributed by atoms with Gasteiger partial charge in [-0.25, -0.2) is 0 Å². The van der Waals surface area contributed by atoms with Crippen LogP contribution in [0.1, 0.15) is 23.1 Å². The zero-order valence-electron chi connectivity index (χ0n) is 12.7. The molecule has 0 aliphatic heterocycles. The molecule has 2 amide bonds. The zero-order valence-corrected chi connectivity index (χ0v) is 12.7. The average molecular weight is 297 g/mol. The van der Waals surface area contributed by atoms with Crippen LogP contribution < -0.4 is 10.6 Å². The maximum atomic E-state index is 11.9. The number of carbonyl (C=O) groups is 2. The molecule has 5 heteroatoms. The van der Waals surface area contributed by atoms with Crippen LogP contribution in [0.2, 0.25) is 0 Å². The number of rotatable bonds is 5. The number of hydrogen-bond donors (Lipinski definition) is 2. The first-order valence-corrected chi connectivity index (χ1v) is 7.07. The van der Waals surface area contributed by atoms with E-state index in [1.54, 1.807) is 12.4 Å². The molecule has 5 nitrogen and oxygen atoms in total. The molecule has 0 aliphatic carbocycles. The van der Waals surface area contributed by atoms with E-state index >= 15 is 0 Å². The number of carbonyl (C=O) groups excluding carboxylic acids is 2. The summed E-state index contributed by atoms with van der Waals surface area (Å²) in [4.78, 5) is 27.6. The first-order valence-electron chi connectivity index (χ1n) is 7.07. The third-order valence-electron chi connectivity index (χ3n) is 3.22. The Bertz CT molecular complexity index is 669. The molecule has 0 radical (unpaired) electrons. The Morgan fingerprint density at radius 2 is 1.77 bits per heavy atom. The number of pyridine rings is 1. The SMILES string of the molecule is Cc1ccc(NC(=O)CC(=O)NCc2ccncc2)c(C)c1. The van der Waals surface area contributed by atoms with E-state index in [0.717, 1.165) is 22.4 Å². The van der Waals surface area contributed by atoms with E-state index < -0.39 is 0 Å². The van der Waals surface area contributed by atoms with Gasteiger partial charge in [0.05, 0.1) is 0 Å². The first kappa shape index (κ1) is 15.7. The van der Waals surface area contributed by atoms with Gasteiger partial charge in [0, 0.05) is 24.6 Å². The Hall–Kier alpha value is -2.69. The summed E-state index contributed by atoms with van der Waals surface area (Å²) in [5.74, 6) is -0.627. The molecular weight excluding hydrogens is 278 g/mol. The van der Waals surface area contributed by atoms with Gasteiger partial charge in [-0.15, -0.1) is 0 Å². The predicted octanol–water partition coefficient (Wildman–Crippen LogP) is 2.34. The van der Waals surface area contributed by atoms with Gasteiger partial charge in [0.15, 0.2) is 0 Å². The van der Waals surface area contributed by atoms with Gasteiger partial charge in [-0.3, -0.25) is 14.6 Å². The average Bonchev–Trinajstić information content (AvgIpc) is 2.49. The van der Waals surface area contributed by atoms with Crippen LogP contribution in [-0.4, -0.2) is 16.8 Å². The second kappa shape index (κ2) is 7.36. The van der Waals surface area contributed by atoms with Crippen molar-refractivity contribution in [1.29, 1.82) is 0 Å². The van der Waals surface area contributed by atoms with Gasteiger partial charge in [-0.05, 0) is 43.2 Å². The van der Waals surface area contributed by atoms with Gasteiger partial charge in [0.2, 0.25) is 11.8 Å². The number of anilines is 1. The second-order valence-electron chi connectivity index (χ2n) is 5.18. The fourth-order valence-electron chi connectivity index (χ4n) is 2.06. The van der Waals surface area contributed by atoms with Gasteiger partial charge in [-0.2, -0.15) is 0 Å². The van der Waals surface area contributed by atoms with Crippen molar-refractivity contribution >= 4 is 17.5 Å². The maximum absolute atomic E-state index is 11.9. The van der Waals surface area contributed by atoms with Gasteiger partial charge < -0.3 is 10.6 Å². The number of benzene rings is 1. The van der Waals surface area contributed by atoms with Crippen LogP contribution in [0.15, 0.2) is 42.7 Å². The summed E-state index contributed by atoms with van der Waals surface area (Å²) in [6.45, 7) is 4.30. The largest absolute Gasteiger partial charge is 0.352 e. The standard InChI is InChI=1S/C17H19N3O2/c1-12-3-4-15(13(2)9-12)20-17(22)10-16(21)19-11-14-5-7-18-8-6-14/h3-9H,10-11H2,1-2H3,(H,19,21)(H,20,22). The predicted molar refractivity (Wildman–Crippen MR) is 85.2 cm³/mol. The summed E-state index contributed by atoms with van der Waals surface area (Å²) < 4.78 is 0. The summed E-state index contributed by atoms with van der Waals surface area (Å²) in [6, 6.07) is 9.38. The highest BCUT2D eigenvalue weighted by Gasteiger charge is 2.10. The van der Waals surface area contributed by atoms with Gasteiger partial charge in [-0.1, -0.05) is 17.7 Å². The van der Waals surface area contributed by atoms with E-state index in [4.69, 9.17) is 0 Å². The molecular formula is C17H19N3O2. The van der Waals surface area contributed by atoms with Crippen LogP contribution in [-0.2, 0) is 16.1 Å². The Labute approximate surface area is 129 Å². The van der Waals surface area contributed by atoms with Crippen LogP contribution in [0.4, 0.5) is 5.69 Å². The third kappa shape index (κ3) is 4.70. The van der Waals surface area contributed by atoms with E-state index in [-0.39, 0.29) is 18.2 Å². The van der Waals surface area contributed by atoms with E-state index in [1.165, 1.54) is 0 Å². The van der Waals surface area contributed by atoms with E-state index in [0.29, 0.717) is 6.54 Å². The fraction of sp³-hybridized carbons (Fsp3) is 0.235. The second-order valence-corrected chi connectivity index (χ2v) is 5.18. The zero-order chi connectivity index (χ0) is 15.9. The molecule has 0 bridgehead atoms. The molecule has 0 spiro atoms. The Morgan fingerprint density at radius 1 is 1.05 bits per heavy atom. The first-order chi connectivity index (χ1) is 10.5. The van der Waals surface area contributed by atoms with Crippen molar-refractivity contribution in [2.45, 2.75) is 26.8 Å². The molecule has 0 atom stereocenters. The molecule has 2 N–H and O–H groups in total. The molecule has 0 saturated heterocycles. The lowest BCUT2D eigenvalue weighted by Gasteiger charge is -2.09. The molecule has 2 rings (SSSR count). The monoisotopic (exact) mass is 297 g/mol. The Kier molecular flexibility index (Phi) is 5.25. The molecule has 1 heterocycles. The van der Waals surface area contributed by atoms with E-state index in [2.05, 4.69) is 15.6 Å². The van der Waals surface area contributed by atoms with Crippen molar-refractivity contribution in [3.63, 3.8) is 0 Å². The smallest absolute Gasteiger partial charge is 0.233 e. The number of amides is 2. The van der Waals surface area contributed by atoms with Crippen LogP contribution in [0.5, 0.6) is 0 Å². The molecule has 114 valence electrons. The highest BCUT2D eigenvalue weighted by Crippen LogP contribution is 2.16. The normalized spacial score (nSPS) is 10.1. The van der Waals surface area contributed by atoms with E-state index in [1.807, 2.05) is 44.2 Å². The van der Waals surface area contributed by atoms with Crippen LogP contribution in [0, 0.1) is 13.8 Å². The molecule has 1 aromatic carbocycles. The molecule has 0 aliphatic rings. The fourth-order valence-corrected chi connectivity index (χ4v) is 2.06. The van der Waals surface area contributed by atoms with Crippen LogP contribution >= 0.6 is 0 Å². The van der Waals surface area contributed by atoms with Crippen LogP contribution in [0.3, 0.4) is 0 Å². The summed E-state index contributed by atoms with van der Waals surface area (Å²) in [5.41, 5.74) is 3.78. The minimum absolute atomic E-state index is 0.196. The van der Waals surface area contributed by atoms with Crippen molar-refractivity contribution in [3.8, 4) is 0 Å². The van der Waals surface area contributed by atoms with Crippen molar-refractivity contribution in [2.75, 3.05) is 5.32 Å². The van der Waals surface area contributed by atoms with Crippen molar-refractivity contribution in [2.24, 2.45) is 0 Å². The molecule has 2 aromatic rings. The van der Waals surface area contributed by atoms with Crippen LogP contribution in [0.25, 0.3) is 0 Å². The highest BCUT2D eigenvalue weighted by molar-refractivity contribution is 6.03. The summed E-state index contributed by atoms with van der Waals surface area (Å²) in [6.07, 6.45) is 3.13. The Morgan fingerprint density at radius 3 is 2.45 bits per heavy atom. The molecule has 0 saturated carbocycles. The lowest BCUT2D eigenvalue weighted by molar-refractivity contribution is -0.126. The lowest BCUT2D eigenvalue weighted by Crippen LogP contribution is -2.27. The number of nitrogens with one attached hydrogen (secondary N) is 2. The molecule has 0 fully saturated rings. The van der Waals surface area contributed by atoms with Gasteiger partial charge >= 0.3 is 0 Å². The quantitative estimate of drug-likeness (QED) is 0.832. The summed E-state index contributed by atoms with van der Waals surface area (Å²) in [5, 5.41) is 5.47. The highest BCUT2D eigenvalue weighted by atomic mass is 16.2. The number of aromatic nitrogens is 1. The Balaban J connectivity index is 1.82. The summed E-state index contributed by atoms with van der Waals surface area (Å²) >= 11 is 0. The molecule has 0 unspecified atom stereocenters. The van der Waals surface area contributed by atoms with Gasteiger partial charge in [0.25, 0.3) is 0 Å². The maximum Gasteiger partial charge on any atom is 0.233 e.